The molecule has 1 amide bonds. The van der Waals surface area contributed by atoms with Crippen LogP contribution in [0, 0.1) is 12.8 Å². The van der Waals surface area contributed by atoms with E-state index in [0.29, 0.717) is 17.0 Å². The molecule has 0 aromatic carbocycles. The molecule has 0 spiro atoms. The smallest absolute Gasteiger partial charge is 0.290 e. The van der Waals surface area contributed by atoms with Gasteiger partial charge >= 0.3 is 0 Å². The Labute approximate surface area is 115 Å². The summed E-state index contributed by atoms with van der Waals surface area (Å²) < 4.78 is 5.99. The van der Waals surface area contributed by atoms with Crippen molar-refractivity contribution in [2.45, 2.75) is 32.7 Å². The van der Waals surface area contributed by atoms with Crippen LogP contribution in [-0.4, -0.2) is 35.1 Å². The van der Waals surface area contributed by atoms with E-state index in [0.717, 1.165) is 18.4 Å². The van der Waals surface area contributed by atoms with Crippen LogP contribution in [0.3, 0.4) is 0 Å². The number of nitrogens with zero attached hydrogens (tertiary/aromatic N) is 1. The van der Waals surface area contributed by atoms with E-state index < -0.39 is 0 Å². The zero-order chi connectivity index (χ0) is 13.3. The van der Waals surface area contributed by atoms with Gasteiger partial charge in [-0.25, -0.2) is 0 Å². The van der Waals surface area contributed by atoms with E-state index in [2.05, 4.69) is 15.9 Å². The molecule has 1 fully saturated rings. The molecule has 2 atom stereocenters. The fourth-order valence-electron chi connectivity index (χ4n) is 2.72. The number of aliphatic hydroxyl groups excluding tert-OH is 1. The summed E-state index contributed by atoms with van der Waals surface area (Å²) in [6.45, 7) is 4.75. The Morgan fingerprint density at radius 1 is 1.67 bits per heavy atom. The largest absolute Gasteiger partial charge is 0.444 e. The highest BCUT2D eigenvalue weighted by atomic mass is 79.9. The summed E-state index contributed by atoms with van der Waals surface area (Å²) in [5, 5.41) is 9.33. The standard InChI is InChI=1S/C13H18BrNO3/c1-3-10-9(7-16)4-5-15(10)13(17)12-8(2)6-11(14)18-12/h6,9-10,16H,3-5,7H2,1-2H3. The number of aryl methyl sites for hydroxylation is 1. The molecule has 0 saturated carbocycles. The Bertz CT molecular complexity index is 443. The maximum Gasteiger partial charge on any atom is 0.290 e. The molecule has 1 saturated heterocycles. The van der Waals surface area contributed by atoms with Crippen LogP contribution in [0.5, 0.6) is 0 Å². The third-order valence-electron chi connectivity index (χ3n) is 3.68. The molecular formula is C13H18BrNO3. The van der Waals surface area contributed by atoms with Gasteiger partial charge in [-0.2, -0.15) is 0 Å². The van der Waals surface area contributed by atoms with Crippen molar-refractivity contribution in [3.05, 3.63) is 22.1 Å². The van der Waals surface area contributed by atoms with Crippen molar-refractivity contribution in [3.8, 4) is 0 Å². The van der Waals surface area contributed by atoms with E-state index >= 15 is 0 Å². The molecule has 100 valence electrons. The fraction of sp³-hybridized carbons (Fsp3) is 0.615. The minimum atomic E-state index is -0.0685. The van der Waals surface area contributed by atoms with Crippen LogP contribution in [0.1, 0.15) is 35.9 Å². The number of furan rings is 1. The summed E-state index contributed by atoms with van der Waals surface area (Å²) in [4.78, 5) is 14.3. The van der Waals surface area contributed by atoms with Crippen LogP contribution in [0.2, 0.25) is 0 Å². The van der Waals surface area contributed by atoms with Crippen molar-refractivity contribution in [3.63, 3.8) is 0 Å². The lowest BCUT2D eigenvalue weighted by atomic mass is 9.99. The summed E-state index contributed by atoms with van der Waals surface area (Å²) in [6, 6.07) is 1.92. The molecule has 1 aromatic rings. The predicted molar refractivity (Wildman–Crippen MR) is 71.5 cm³/mol. The average molecular weight is 316 g/mol. The average Bonchev–Trinajstić information content (AvgIpc) is 2.90. The molecule has 2 unspecified atom stereocenters. The number of likely N-dealkylation sites (tertiary alicyclic amines) is 1. The zero-order valence-electron chi connectivity index (χ0n) is 10.6. The van der Waals surface area contributed by atoms with Crippen LogP contribution in [0.15, 0.2) is 15.2 Å². The molecule has 1 aliphatic heterocycles. The Hall–Kier alpha value is -0.810. The first kappa shape index (κ1) is 13.6. The Kier molecular flexibility index (Phi) is 4.12. The summed E-state index contributed by atoms with van der Waals surface area (Å²) in [7, 11) is 0. The van der Waals surface area contributed by atoms with Gasteiger partial charge in [0.1, 0.15) is 0 Å². The number of carbonyl (C=O) groups is 1. The lowest BCUT2D eigenvalue weighted by molar-refractivity contribution is 0.0661. The molecular weight excluding hydrogens is 298 g/mol. The van der Waals surface area contributed by atoms with Gasteiger partial charge in [-0.1, -0.05) is 6.92 Å². The fourth-order valence-corrected chi connectivity index (χ4v) is 3.23. The number of amides is 1. The molecule has 0 aliphatic carbocycles. The minimum absolute atomic E-state index is 0.0685. The van der Waals surface area contributed by atoms with Gasteiger partial charge < -0.3 is 14.4 Å². The first-order chi connectivity index (χ1) is 8.58. The summed E-state index contributed by atoms with van der Waals surface area (Å²) in [5.74, 6) is 0.526. The van der Waals surface area contributed by atoms with Crippen molar-refractivity contribution in [2.24, 2.45) is 5.92 Å². The van der Waals surface area contributed by atoms with Crippen molar-refractivity contribution in [2.75, 3.05) is 13.2 Å². The minimum Gasteiger partial charge on any atom is -0.444 e. The molecule has 1 aliphatic rings. The number of halogens is 1. The van der Waals surface area contributed by atoms with E-state index in [9.17, 15) is 9.90 Å². The summed E-state index contributed by atoms with van der Waals surface area (Å²) >= 11 is 3.24. The van der Waals surface area contributed by atoms with Crippen molar-refractivity contribution >= 4 is 21.8 Å². The first-order valence-corrected chi connectivity index (χ1v) is 7.05. The number of hydrogen-bond acceptors (Lipinski definition) is 3. The highest BCUT2D eigenvalue weighted by Crippen LogP contribution is 2.30. The monoisotopic (exact) mass is 315 g/mol. The highest BCUT2D eigenvalue weighted by molar-refractivity contribution is 9.10. The Morgan fingerprint density at radius 2 is 2.39 bits per heavy atom. The van der Waals surface area contributed by atoms with E-state index in [-0.39, 0.29) is 24.5 Å². The van der Waals surface area contributed by atoms with Crippen LogP contribution in [-0.2, 0) is 0 Å². The second kappa shape index (κ2) is 5.45. The van der Waals surface area contributed by atoms with E-state index in [1.165, 1.54) is 0 Å². The SMILES string of the molecule is CCC1C(CO)CCN1C(=O)c1oc(Br)cc1C. The normalized spacial score (nSPS) is 23.7. The molecule has 4 nitrogen and oxygen atoms in total. The number of carbonyl (C=O) groups excluding carboxylic acids is 1. The van der Waals surface area contributed by atoms with Crippen LogP contribution < -0.4 is 0 Å². The number of hydrogen-bond donors (Lipinski definition) is 1. The van der Waals surface area contributed by atoms with Crippen LogP contribution >= 0.6 is 15.9 Å². The summed E-state index contributed by atoms with van der Waals surface area (Å²) in [6.07, 6.45) is 1.72. The predicted octanol–water partition coefficient (Wildman–Crippen LogP) is 2.58. The third-order valence-corrected chi connectivity index (χ3v) is 4.07. The maximum atomic E-state index is 12.4. The van der Waals surface area contributed by atoms with Gasteiger partial charge in [0.2, 0.25) is 0 Å². The first-order valence-electron chi connectivity index (χ1n) is 6.26. The Morgan fingerprint density at radius 3 is 2.89 bits per heavy atom. The molecule has 2 heterocycles. The quantitative estimate of drug-likeness (QED) is 0.932. The second-order valence-corrected chi connectivity index (χ2v) is 5.55. The second-order valence-electron chi connectivity index (χ2n) is 4.77. The topological polar surface area (TPSA) is 53.7 Å². The van der Waals surface area contributed by atoms with E-state index in [1.54, 1.807) is 6.07 Å². The van der Waals surface area contributed by atoms with Crippen LogP contribution in [0.4, 0.5) is 0 Å². The third kappa shape index (κ3) is 2.34. The van der Waals surface area contributed by atoms with Gasteiger partial charge in [0.15, 0.2) is 10.4 Å². The zero-order valence-corrected chi connectivity index (χ0v) is 12.2. The van der Waals surface area contributed by atoms with Gasteiger partial charge in [0, 0.05) is 30.7 Å². The van der Waals surface area contributed by atoms with Crippen molar-refractivity contribution in [1.29, 1.82) is 0 Å². The van der Waals surface area contributed by atoms with Crippen LogP contribution in [0.25, 0.3) is 0 Å². The van der Waals surface area contributed by atoms with E-state index in [4.69, 9.17) is 4.42 Å². The van der Waals surface area contributed by atoms with Crippen molar-refractivity contribution in [1.82, 2.24) is 4.90 Å². The van der Waals surface area contributed by atoms with Gasteiger partial charge in [0.25, 0.3) is 5.91 Å². The molecule has 1 aromatic heterocycles. The maximum absolute atomic E-state index is 12.4. The molecule has 2 rings (SSSR count). The van der Waals surface area contributed by atoms with Gasteiger partial charge in [-0.05, 0) is 41.8 Å². The lowest BCUT2D eigenvalue weighted by Crippen LogP contribution is -2.38. The lowest BCUT2D eigenvalue weighted by Gasteiger charge is -2.26. The van der Waals surface area contributed by atoms with Gasteiger partial charge in [0.05, 0.1) is 0 Å². The number of rotatable bonds is 3. The van der Waals surface area contributed by atoms with Crippen molar-refractivity contribution < 1.29 is 14.3 Å². The van der Waals surface area contributed by atoms with Gasteiger partial charge in [-0.3, -0.25) is 4.79 Å². The molecule has 1 N–H and O–H groups in total. The Balaban J connectivity index is 2.21. The van der Waals surface area contributed by atoms with E-state index in [1.807, 2.05) is 18.7 Å². The van der Waals surface area contributed by atoms with Gasteiger partial charge in [-0.15, -0.1) is 0 Å². The molecule has 0 bridgehead atoms. The number of aliphatic hydroxyl groups is 1. The molecule has 18 heavy (non-hydrogen) atoms. The molecule has 5 heteroatoms. The molecule has 0 radical (unpaired) electrons. The highest BCUT2D eigenvalue weighted by Gasteiger charge is 2.37. The summed E-state index contributed by atoms with van der Waals surface area (Å²) in [5.41, 5.74) is 0.842.